The van der Waals surface area contributed by atoms with Crippen LogP contribution < -0.4 is 10.0 Å². The Balaban J connectivity index is 2.11. The molecule has 0 aromatic carbocycles. The Hall–Kier alpha value is 0.01000. The molecule has 8 heteroatoms. The van der Waals surface area contributed by atoms with Gasteiger partial charge in [-0.25, -0.2) is 13.1 Å². The van der Waals surface area contributed by atoms with E-state index in [4.69, 9.17) is 0 Å². The Kier molecular flexibility index (Phi) is 3.64. The van der Waals surface area contributed by atoms with Crippen LogP contribution in [0.15, 0.2) is 14.7 Å². The summed E-state index contributed by atoms with van der Waals surface area (Å²) in [6.07, 6.45) is 0. The lowest BCUT2D eigenvalue weighted by atomic mass is 9.98. The van der Waals surface area contributed by atoms with Crippen molar-refractivity contribution in [2.75, 3.05) is 19.6 Å². The number of halogens is 1. The van der Waals surface area contributed by atoms with Crippen molar-refractivity contribution in [3.8, 4) is 0 Å². The molecule has 0 unspecified atom stereocenters. The highest BCUT2D eigenvalue weighted by Gasteiger charge is 2.35. The highest BCUT2D eigenvalue weighted by molar-refractivity contribution is 9.11. The molecule has 0 atom stereocenters. The van der Waals surface area contributed by atoms with Gasteiger partial charge in [-0.3, -0.25) is 0 Å². The highest BCUT2D eigenvalue weighted by Crippen LogP contribution is 2.29. The summed E-state index contributed by atoms with van der Waals surface area (Å²) in [4.78, 5) is 0.994. The van der Waals surface area contributed by atoms with Crippen LogP contribution in [0.25, 0.3) is 0 Å². The molecule has 1 aromatic heterocycles. The van der Waals surface area contributed by atoms with Gasteiger partial charge >= 0.3 is 0 Å². The van der Waals surface area contributed by atoms with Crippen molar-refractivity contribution in [3.05, 3.63) is 14.7 Å². The fourth-order valence-electron chi connectivity index (χ4n) is 1.54. The van der Waals surface area contributed by atoms with Crippen LogP contribution in [0.3, 0.4) is 0 Å². The Morgan fingerprint density at radius 2 is 2.29 bits per heavy atom. The number of rotatable bonds is 4. The second-order valence-electron chi connectivity index (χ2n) is 4.12. The molecular weight excluding hydrogens is 328 g/mol. The van der Waals surface area contributed by atoms with Crippen LogP contribution in [0.2, 0.25) is 0 Å². The first-order valence-electron chi connectivity index (χ1n) is 5.01. The monoisotopic (exact) mass is 340 g/mol. The number of nitrogens with one attached hydrogen (secondary N) is 2. The molecule has 1 fully saturated rings. The third-order valence-corrected chi connectivity index (χ3v) is 5.84. The predicted octanol–water partition coefficient (Wildman–Crippen LogP) is 0.432. The SMILES string of the molecule is Cc1sc(Br)cc1S(=O)(=O)NCC1(O)CNC1. The number of sulfonamides is 1. The average Bonchev–Trinajstić information content (AvgIpc) is 2.53. The molecular formula is C9H13BrN2O3S2. The summed E-state index contributed by atoms with van der Waals surface area (Å²) in [6.45, 7) is 2.63. The topological polar surface area (TPSA) is 78.4 Å². The third kappa shape index (κ3) is 2.88. The lowest BCUT2D eigenvalue weighted by Crippen LogP contribution is -2.64. The first-order valence-corrected chi connectivity index (χ1v) is 8.10. The van der Waals surface area contributed by atoms with Crippen LogP contribution in [-0.2, 0) is 10.0 Å². The number of thiophene rings is 1. The summed E-state index contributed by atoms with van der Waals surface area (Å²) < 4.78 is 27.2. The van der Waals surface area contributed by atoms with Crippen molar-refractivity contribution in [2.45, 2.75) is 17.4 Å². The lowest BCUT2D eigenvalue weighted by molar-refractivity contribution is -0.00397. The van der Waals surface area contributed by atoms with E-state index >= 15 is 0 Å². The third-order valence-electron chi connectivity index (χ3n) is 2.63. The number of hydrogen-bond donors (Lipinski definition) is 3. The molecule has 2 rings (SSSR count). The van der Waals surface area contributed by atoms with Crippen LogP contribution in [0.4, 0.5) is 0 Å². The van der Waals surface area contributed by atoms with Gasteiger partial charge in [0, 0.05) is 24.5 Å². The van der Waals surface area contributed by atoms with Crippen LogP contribution >= 0.6 is 27.3 Å². The van der Waals surface area contributed by atoms with Crippen molar-refractivity contribution in [2.24, 2.45) is 0 Å². The molecule has 0 amide bonds. The van der Waals surface area contributed by atoms with E-state index in [1.54, 1.807) is 13.0 Å². The van der Waals surface area contributed by atoms with Gasteiger partial charge in [0.1, 0.15) is 5.60 Å². The number of aliphatic hydroxyl groups is 1. The lowest BCUT2D eigenvalue weighted by Gasteiger charge is -2.37. The zero-order valence-electron chi connectivity index (χ0n) is 9.16. The van der Waals surface area contributed by atoms with Crippen LogP contribution in [-0.4, -0.2) is 38.8 Å². The van der Waals surface area contributed by atoms with Gasteiger partial charge in [0.15, 0.2) is 0 Å². The van der Waals surface area contributed by atoms with E-state index in [-0.39, 0.29) is 11.4 Å². The van der Waals surface area contributed by atoms with Crippen molar-refractivity contribution < 1.29 is 13.5 Å². The largest absolute Gasteiger partial charge is 0.386 e. The van der Waals surface area contributed by atoms with Crippen LogP contribution in [0.1, 0.15) is 4.88 Å². The molecule has 1 aliphatic rings. The summed E-state index contributed by atoms with van der Waals surface area (Å²) in [7, 11) is -3.54. The van der Waals surface area contributed by atoms with E-state index in [1.165, 1.54) is 11.3 Å². The molecule has 0 bridgehead atoms. The Labute approximate surface area is 112 Å². The Morgan fingerprint density at radius 3 is 2.71 bits per heavy atom. The molecule has 1 saturated heterocycles. The molecule has 2 heterocycles. The quantitative estimate of drug-likeness (QED) is 0.742. The van der Waals surface area contributed by atoms with E-state index in [9.17, 15) is 13.5 Å². The van der Waals surface area contributed by atoms with E-state index in [0.717, 1.165) is 8.66 Å². The number of aryl methyl sites for hydroxylation is 1. The molecule has 1 aliphatic heterocycles. The maximum absolute atomic E-state index is 12.0. The van der Waals surface area contributed by atoms with Gasteiger partial charge in [-0.2, -0.15) is 0 Å². The molecule has 5 nitrogen and oxygen atoms in total. The fourth-order valence-corrected chi connectivity index (χ4v) is 5.08. The molecule has 0 aliphatic carbocycles. The molecule has 17 heavy (non-hydrogen) atoms. The van der Waals surface area contributed by atoms with E-state index < -0.39 is 15.6 Å². The maximum Gasteiger partial charge on any atom is 0.241 e. The molecule has 0 radical (unpaired) electrons. The smallest absolute Gasteiger partial charge is 0.241 e. The maximum atomic E-state index is 12.0. The summed E-state index contributed by atoms with van der Waals surface area (Å²) in [5.41, 5.74) is -0.950. The summed E-state index contributed by atoms with van der Waals surface area (Å²) in [5.74, 6) is 0. The Morgan fingerprint density at radius 1 is 1.65 bits per heavy atom. The first-order chi connectivity index (χ1) is 7.82. The normalized spacial score (nSPS) is 19.0. The molecule has 1 aromatic rings. The van der Waals surface area contributed by atoms with Gasteiger partial charge < -0.3 is 10.4 Å². The van der Waals surface area contributed by atoms with Gasteiger partial charge in [-0.05, 0) is 28.9 Å². The van der Waals surface area contributed by atoms with Gasteiger partial charge in [-0.1, -0.05) is 0 Å². The summed E-state index contributed by atoms with van der Waals surface area (Å²) in [6, 6.07) is 1.57. The van der Waals surface area contributed by atoms with Crippen molar-refractivity contribution in [1.82, 2.24) is 10.0 Å². The highest BCUT2D eigenvalue weighted by atomic mass is 79.9. The zero-order chi connectivity index (χ0) is 12.7. The second kappa shape index (κ2) is 4.60. The minimum absolute atomic E-state index is 0.0369. The Bertz CT molecular complexity index is 522. The number of hydrogen-bond acceptors (Lipinski definition) is 5. The van der Waals surface area contributed by atoms with Gasteiger partial charge in [0.05, 0.1) is 8.68 Å². The van der Waals surface area contributed by atoms with Gasteiger partial charge in [0.25, 0.3) is 0 Å². The van der Waals surface area contributed by atoms with Crippen molar-refractivity contribution in [1.29, 1.82) is 0 Å². The molecule has 3 N–H and O–H groups in total. The standard InChI is InChI=1S/C9H13BrN2O3S2/c1-6-7(2-8(10)16-6)17(14,15)12-5-9(13)3-11-4-9/h2,11-13H,3-5H2,1H3. The molecule has 96 valence electrons. The van der Waals surface area contributed by atoms with E-state index in [2.05, 4.69) is 26.0 Å². The average molecular weight is 341 g/mol. The van der Waals surface area contributed by atoms with E-state index in [0.29, 0.717) is 13.1 Å². The van der Waals surface area contributed by atoms with Crippen LogP contribution in [0.5, 0.6) is 0 Å². The molecule has 0 saturated carbocycles. The van der Waals surface area contributed by atoms with Crippen molar-refractivity contribution >= 4 is 37.3 Å². The summed E-state index contributed by atoms with van der Waals surface area (Å²) >= 11 is 4.63. The van der Waals surface area contributed by atoms with Gasteiger partial charge in [0.2, 0.25) is 10.0 Å². The predicted molar refractivity (Wildman–Crippen MR) is 69.8 cm³/mol. The minimum Gasteiger partial charge on any atom is -0.386 e. The first kappa shape index (κ1) is 13.4. The van der Waals surface area contributed by atoms with Crippen molar-refractivity contribution in [3.63, 3.8) is 0 Å². The van der Waals surface area contributed by atoms with Gasteiger partial charge in [-0.15, -0.1) is 11.3 Å². The second-order valence-corrected chi connectivity index (χ2v) is 8.49. The fraction of sp³-hybridized carbons (Fsp3) is 0.556. The number of β-amino-alcohol motifs (C(OH)–C–C–N with tert-alkyl or cyclic N) is 1. The van der Waals surface area contributed by atoms with Crippen LogP contribution in [0, 0.1) is 6.92 Å². The van der Waals surface area contributed by atoms with E-state index in [1.807, 2.05) is 0 Å². The molecule has 0 spiro atoms. The minimum atomic E-state index is -3.54. The zero-order valence-corrected chi connectivity index (χ0v) is 12.4. The summed E-state index contributed by atoms with van der Waals surface area (Å²) in [5, 5.41) is 12.7.